The second kappa shape index (κ2) is 2.53. The van der Waals surface area contributed by atoms with Crippen LogP contribution in [0.5, 0.6) is 0 Å². The van der Waals surface area contributed by atoms with Crippen LogP contribution in [0.15, 0.2) is 0 Å². The lowest BCUT2D eigenvalue weighted by Gasteiger charge is -2.22. The van der Waals surface area contributed by atoms with E-state index in [4.69, 9.17) is 0 Å². The summed E-state index contributed by atoms with van der Waals surface area (Å²) in [5.41, 5.74) is 0. The summed E-state index contributed by atoms with van der Waals surface area (Å²) in [5, 5.41) is 2.25. The average Bonchev–Trinajstić information content (AvgIpc) is 2.07. The van der Waals surface area contributed by atoms with E-state index in [0.29, 0.717) is 0 Å². The number of carbonyl (C=O) groups is 2. The lowest BCUT2D eigenvalue weighted by Crippen LogP contribution is -2.38. The maximum absolute atomic E-state index is 11.0. The van der Waals surface area contributed by atoms with Crippen LogP contribution in [0, 0.1) is 0 Å². The van der Waals surface area contributed by atoms with Crippen LogP contribution in [0.3, 0.4) is 0 Å². The summed E-state index contributed by atoms with van der Waals surface area (Å²) in [7, 11) is 0. The highest BCUT2D eigenvalue weighted by Gasteiger charge is 2.36. The smallest absolute Gasteiger partial charge is 0.310 e. The summed E-state index contributed by atoms with van der Waals surface area (Å²) < 4.78 is 0. The van der Waals surface area contributed by atoms with Gasteiger partial charge in [0, 0.05) is 6.04 Å². The second-order valence-electron chi connectivity index (χ2n) is 2.97. The molecule has 0 aromatic carbocycles. The van der Waals surface area contributed by atoms with Crippen molar-refractivity contribution in [3.63, 3.8) is 0 Å². The number of urea groups is 1. The minimum atomic E-state index is -0.317. The van der Waals surface area contributed by atoms with E-state index in [1.807, 2.05) is 13.8 Å². The molecule has 1 fully saturated rings. The molecule has 1 rings (SSSR count). The predicted molar refractivity (Wildman–Crippen MR) is 40.0 cm³/mol. The van der Waals surface area contributed by atoms with E-state index in [9.17, 15) is 9.59 Å². The van der Waals surface area contributed by atoms with Crippen molar-refractivity contribution in [2.45, 2.75) is 32.9 Å². The third-order valence-electron chi connectivity index (χ3n) is 1.82. The molecular weight excluding hydrogens is 144 g/mol. The summed E-state index contributed by atoms with van der Waals surface area (Å²) in [6.45, 7) is 5.49. The van der Waals surface area contributed by atoms with Gasteiger partial charge in [-0.15, -0.1) is 0 Å². The second-order valence-corrected chi connectivity index (χ2v) is 2.97. The van der Waals surface area contributed by atoms with E-state index in [1.165, 1.54) is 4.90 Å². The van der Waals surface area contributed by atoms with Gasteiger partial charge in [0.15, 0.2) is 0 Å². The van der Waals surface area contributed by atoms with Crippen LogP contribution in [-0.2, 0) is 4.79 Å². The molecule has 1 heterocycles. The summed E-state index contributed by atoms with van der Waals surface area (Å²) in [6.07, 6.45) is 0. The average molecular weight is 156 g/mol. The molecule has 4 heteroatoms. The number of rotatable bonds is 1. The molecule has 1 N–H and O–H groups in total. The van der Waals surface area contributed by atoms with Gasteiger partial charge < -0.3 is 4.90 Å². The first kappa shape index (κ1) is 8.04. The zero-order chi connectivity index (χ0) is 8.59. The topological polar surface area (TPSA) is 49.4 Å². The quantitative estimate of drug-likeness (QED) is 0.556. The molecule has 1 aliphatic rings. The fourth-order valence-corrected chi connectivity index (χ4v) is 1.26. The van der Waals surface area contributed by atoms with E-state index >= 15 is 0 Å². The third kappa shape index (κ3) is 1.20. The van der Waals surface area contributed by atoms with Crippen molar-refractivity contribution >= 4 is 11.9 Å². The van der Waals surface area contributed by atoms with Crippen molar-refractivity contribution in [3.05, 3.63) is 0 Å². The van der Waals surface area contributed by atoms with E-state index in [2.05, 4.69) is 5.32 Å². The van der Waals surface area contributed by atoms with Crippen LogP contribution in [0.1, 0.15) is 20.8 Å². The highest BCUT2D eigenvalue weighted by molar-refractivity contribution is 6.03. The summed E-state index contributed by atoms with van der Waals surface area (Å²) in [6, 6.07) is -0.517. The number of carbonyl (C=O) groups excluding carboxylic acids is 2. The number of nitrogens with one attached hydrogen (secondary N) is 1. The Labute approximate surface area is 65.6 Å². The van der Waals surface area contributed by atoms with Crippen LogP contribution >= 0.6 is 0 Å². The van der Waals surface area contributed by atoms with Gasteiger partial charge in [0.1, 0.15) is 6.04 Å². The Balaban J connectivity index is 2.79. The first-order valence-electron chi connectivity index (χ1n) is 3.67. The molecule has 3 amide bonds. The fourth-order valence-electron chi connectivity index (χ4n) is 1.26. The van der Waals surface area contributed by atoms with Gasteiger partial charge in [0.05, 0.1) is 0 Å². The molecular formula is C7H12N2O2. The molecule has 0 aliphatic carbocycles. The zero-order valence-corrected chi connectivity index (χ0v) is 6.92. The summed E-state index contributed by atoms with van der Waals surface area (Å²) in [5.74, 6) is -0.205. The van der Waals surface area contributed by atoms with E-state index in [-0.39, 0.29) is 24.0 Å². The van der Waals surface area contributed by atoms with Crippen LogP contribution in [0.25, 0.3) is 0 Å². The Bertz CT molecular complexity index is 201. The zero-order valence-electron chi connectivity index (χ0n) is 6.92. The molecule has 11 heavy (non-hydrogen) atoms. The Morgan fingerprint density at radius 1 is 1.45 bits per heavy atom. The van der Waals surface area contributed by atoms with Crippen LogP contribution in [-0.4, -0.2) is 28.9 Å². The first-order valence-corrected chi connectivity index (χ1v) is 3.67. The molecule has 1 saturated heterocycles. The van der Waals surface area contributed by atoms with Gasteiger partial charge in [-0.2, -0.15) is 0 Å². The normalized spacial score (nSPS) is 24.7. The maximum Gasteiger partial charge on any atom is 0.325 e. The Kier molecular flexibility index (Phi) is 1.85. The lowest BCUT2D eigenvalue weighted by atomic mass is 10.2. The minimum absolute atomic E-state index is 0.0800. The van der Waals surface area contributed by atoms with Crippen LogP contribution in [0.2, 0.25) is 0 Å². The van der Waals surface area contributed by atoms with Crippen molar-refractivity contribution in [2.75, 3.05) is 0 Å². The Hall–Kier alpha value is -1.06. The molecule has 0 spiro atoms. The summed E-state index contributed by atoms with van der Waals surface area (Å²) >= 11 is 0. The number of hydrogen-bond acceptors (Lipinski definition) is 2. The van der Waals surface area contributed by atoms with Gasteiger partial charge in [-0.25, -0.2) is 4.79 Å². The third-order valence-corrected chi connectivity index (χ3v) is 1.82. The Morgan fingerprint density at radius 3 is 2.18 bits per heavy atom. The predicted octanol–water partition coefficient (Wildman–Crippen LogP) is 0.335. The molecule has 1 atom stereocenters. The van der Waals surface area contributed by atoms with Gasteiger partial charge in [-0.3, -0.25) is 10.1 Å². The van der Waals surface area contributed by atoms with E-state index in [0.717, 1.165) is 0 Å². The molecule has 1 aliphatic heterocycles. The van der Waals surface area contributed by atoms with Crippen molar-refractivity contribution in [2.24, 2.45) is 0 Å². The number of nitrogens with zero attached hydrogens (tertiary/aromatic N) is 1. The van der Waals surface area contributed by atoms with E-state index in [1.54, 1.807) is 6.92 Å². The van der Waals surface area contributed by atoms with Crippen molar-refractivity contribution in [1.29, 1.82) is 0 Å². The highest BCUT2D eigenvalue weighted by Crippen LogP contribution is 2.11. The van der Waals surface area contributed by atoms with Gasteiger partial charge >= 0.3 is 6.03 Å². The van der Waals surface area contributed by atoms with Crippen LogP contribution in [0.4, 0.5) is 4.79 Å². The van der Waals surface area contributed by atoms with Gasteiger partial charge in [-0.1, -0.05) is 0 Å². The molecule has 0 aromatic heterocycles. The SMILES string of the molecule is CC(C)N1C(=O)NC(=O)[C@@H]1C. The van der Waals surface area contributed by atoms with Gasteiger partial charge in [0.25, 0.3) is 5.91 Å². The van der Waals surface area contributed by atoms with Crippen LogP contribution < -0.4 is 5.32 Å². The minimum Gasteiger partial charge on any atom is -0.310 e. The molecule has 62 valence electrons. The maximum atomic E-state index is 11.0. The summed E-state index contributed by atoms with van der Waals surface area (Å²) in [4.78, 5) is 23.5. The first-order chi connectivity index (χ1) is 5.04. The van der Waals surface area contributed by atoms with E-state index < -0.39 is 0 Å². The molecule has 0 saturated carbocycles. The largest absolute Gasteiger partial charge is 0.325 e. The number of imide groups is 1. The molecule has 0 radical (unpaired) electrons. The molecule has 0 unspecified atom stereocenters. The Morgan fingerprint density at radius 2 is 2.00 bits per heavy atom. The van der Waals surface area contributed by atoms with Gasteiger partial charge in [-0.05, 0) is 20.8 Å². The monoisotopic (exact) mass is 156 g/mol. The lowest BCUT2D eigenvalue weighted by molar-refractivity contribution is -0.121. The van der Waals surface area contributed by atoms with Crippen molar-refractivity contribution < 1.29 is 9.59 Å². The van der Waals surface area contributed by atoms with Crippen molar-refractivity contribution in [3.8, 4) is 0 Å². The molecule has 0 aromatic rings. The number of amides is 3. The molecule has 0 bridgehead atoms. The molecule has 4 nitrogen and oxygen atoms in total. The highest BCUT2D eigenvalue weighted by atomic mass is 16.2. The van der Waals surface area contributed by atoms with Gasteiger partial charge in [0.2, 0.25) is 0 Å². The number of hydrogen-bond donors (Lipinski definition) is 1. The standard InChI is InChI=1S/C7H12N2O2/c1-4(2)9-5(3)6(10)8-7(9)11/h4-5H,1-3H3,(H,8,10,11)/t5-/m0/s1. The van der Waals surface area contributed by atoms with Crippen molar-refractivity contribution in [1.82, 2.24) is 10.2 Å². The fraction of sp³-hybridized carbons (Fsp3) is 0.714.